The normalized spacial score (nSPS) is 11.4. The average Bonchev–Trinajstić information content (AvgIpc) is 3.07. The van der Waals surface area contributed by atoms with Crippen LogP contribution in [0.3, 0.4) is 0 Å². The Morgan fingerprint density at radius 2 is 1.69 bits per heavy atom. The molecular formula is C18H12F4N2O2. The van der Waals surface area contributed by atoms with Crippen LogP contribution < -0.4 is 0 Å². The molecule has 0 bridgehead atoms. The first-order chi connectivity index (χ1) is 12.3. The number of nitrogens with one attached hydrogen (secondary N) is 1. The van der Waals surface area contributed by atoms with Gasteiger partial charge in [0.1, 0.15) is 12.4 Å². The number of alkyl halides is 3. The van der Waals surface area contributed by atoms with Gasteiger partial charge in [-0.2, -0.15) is 13.2 Å². The summed E-state index contributed by atoms with van der Waals surface area (Å²) in [6, 6.07) is 13.3. The van der Waals surface area contributed by atoms with Gasteiger partial charge in [0.15, 0.2) is 5.69 Å². The van der Waals surface area contributed by atoms with E-state index in [2.05, 4.69) is 9.97 Å². The quantitative estimate of drug-likeness (QED) is 0.544. The molecule has 2 aromatic carbocycles. The molecular weight excluding hydrogens is 352 g/mol. The van der Waals surface area contributed by atoms with E-state index in [1.165, 1.54) is 12.1 Å². The zero-order valence-corrected chi connectivity index (χ0v) is 13.2. The third-order valence-electron chi connectivity index (χ3n) is 3.51. The SMILES string of the molecule is O=C(OCc1ccccc1)c1nc(C(F)(F)F)[nH]c1-c1ccc(F)cc1. The van der Waals surface area contributed by atoms with E-state index in [9.17, 15) is 22.4 Å². The minimum Gasteiger partial charge on any atom is -0.456 e. The van der Waals surface area contributed by atoms with Crippen LogP contribution in [0.1, 0.15) is 21.9 Å². The first-order valence-electron chi connectivity index (χ1n) is 7.49. The fourth-order valence-corrected chi connectivity index (χ4v) is 2.27. The monoisotopic (exact) mass is 364 g/mol. The van der Waals surface area contributed by atoms with Gasteiger partial charge in [-0.25, -0.2) is 14.2 Å². The summed E-state index contributed by atoms with van der Waals surface area (Å²) in [6.07, 6.45) is -4.77. The molecule has 0 unspecified atom stereocenters. The van der Waals surface area contributed by atoms with Crippen LogP contribution in [0.5, 0.6) is 0 Å². The Labute approximate surface area is 145 Å². The maximum atomic E-state index is 13.1. The number of ether oxygens (including phenoxy) is 1. The van der Waals surface area contributed by atoms with Crippen molar-refractivity contribution in [2.45, 2.75) is 12.8 Å². The number of aromatic amines is 1. The van der Waals surface area contributed by atoms with Crippen LogP contribution >= 0.6 is 0 Å². The minimum absolute atomic E-state index is 0.114. The average molecular weight is 364 g/mol. The second-order valence-electron chi connectivity index (χ2n) is 5.38. The minimum atomic E-state index is -4.77. The van der Waals surface area contributed by atoms with Gasteiger partial charge in [-0.3, -0.25) is 0 Å². The fourth-order valence-electron chi connectivity index (χ4n) is 2.27. The van der Waals surface area contributed by atoms with Crippen LogP contribution in [0.2, 0.25) is 0 Å². The number of benzene rings is 2. The zero-order valence-electron chi connectivity index (χ0n) is 13.2. The van der Waals surface area contributed by atoms with Crippen LogP contribution in [0, 0.1) is 5.82 Å². The van der Waals surface area contributed by atoms with E-state index in [0.29, 0.717) is 5.56 Å². The van der Waals surface area contributed by atoms with E-state index in [-0.39, 0.29) is 17.9 Å². The number of carbonyl (C=O) groups excluding carboxylic acids is 1. The number of rotatable bonds is 4. The van der Waals surface area contributed by atoms with Gasteiger partial charge >= 0.3 is 12.1 Å². The third kappa shape index (κ3) is 3.90. The Morgan fingerprint density at radius 3 is 2.31 bits per heavy atom. The number of imidazole rings is 1. The number of esters is 1. The summed E-state index contributed by atoms with van der Waals surface area (Å²) >= 11 is 0. The maximum Gasteiger partial charge on any atom is 0.449 e. The van der Waals surface area contributed by atoms with E-state index in [4.69, 9.17) is 4.74 Å². The van der Waals surface area contributed by atoms with Crippen molar-refractivity contribution in [2.75, 3.05) is 0 Å². The second kappa shape index (κ2) is 6.99. The van der Waals surface area contributed by atoms with Gasteiger partial charge in [-0.05, 0) is 29.8 Å². The van der Waals surface area contributed by atoms with Crippen molar-refractivity contribution in [1.29, 1.82) is 0 Å². The fraction of sp³-hybridized carbons (Fsp3) is 0.111. The van der Waals surface area contributed by atoms with E-state index in [1.807, 2.05) is 0 Å². The molecule has 0 aliphatic heterocycles. The molecule has 26 heavy (non-hydrogen) atoms. The Morgan fingerprint density at radius 1 is 1.04 bits per heavy atom. The molecule has 4 nitrogen and oxygen atoms in total. The lowest BCUT2D eigenvalue weighted by molar-refractivity contribution is -0.144. The number of aromatic nitrogens is 2. The molecule has 0 saturated heterocycles. The van der Waals surface area contributed by atoms with Crippen LogP contribution in [0.25, 0.3) is 11.3 Å². The number of carbonyl (C=O) groups is 1. The van der Waals surface area contributed by atoms with Gasteiger partial charge in [-0.15, -0.1) is 0 Å². The largest absolute Gasteiger partial charge is 0.456 e. The van der Waals surface area contributed by atoms with Gasteiger partial charge in [0, 0.05) is 5.56 Å². The van der Waals surface area contributed by atoms with Gasteiger partial charge < -0.3 is 9.72 Å². The Hall–Kier alpha value is -3.16. The summed E-state index contributed by atoms with van der Waals surface area (Å²) in [4.78, 5) is 17.7. The molecule has 0 amide bonds. The first kappa shape index (κ1) is 17.7. The summed E-state index contributed by atoms with van der Waals surface area (Å²) in [5.74, 6) is -2.90. The molecule has 1 heterocycles. The molecule has 0 aliphatic rings. The van der Waals surface area contributed by atoms with Crippen LogP contribution in [-0.4, -0.2) is 15.9 Å². The van der Waals surface area contributed by atoms with Crippen molar-refractivity contribution in [3.05, 3.63) is 77.5 Å². The number of hydrogen-bond acceptors (Lipinski definition) is 3. The van der Waals surface area contributed by atoms with Crippen LogP contribution in [0.4, 0.5) is 17.6 Å². The standard InChI is InChI=1S/C18H12F4N2O2/c19-13-8-6-12(7-9-13)14-15(24-17(23-14)18(20,21)22)16(25)26-10-11-4-2-1-3-5-11/h1-9H,10H2,(H,23,24). The summed E-state index contributed by atoms with van der Waals surface area (Å²) in [7, 11) is 0. The highest BCUT2D eigenvalue weighted by Crippen LogP contribution is 2.31. The molecule has 1 aromatic heterocycles. The van der Waals surface area contributed by atoms with E-state index >= 15 is 0 Å². The molecule has 8 heteroatoms. The predicted molar refractivity (Wildman–Crippen MR) is 84.5 cm³/mol. The van der Waals surface area contributed by atoms with Gasteiger partial charge in [0.25, 0.3) is 0 Å². The maximum absolute atomic E-state index is 13.1. The molecule has 0 aliphatic carbocycles. The van der Waals surface area contributed by atoms with E-state index < -0.39 is 29.5 Å². The molecule has 0 spiro atoms. The van der Waals surface area contributed by atoms with Crippen LogP contribution in [0.15, 0.2) is 54.6 Å². The third-order valence-corrected chi connectivity index (χ3v) is 3.51. The molecule has 1 N–H and O–H groups in total. The number of nitrogens with zero attached hydrogens (tertiary/aromatic N) is 1. The van der Waals surface area contributed by atoms with E-state index in [1.54, 1.807) is 30.3 Å². The molecule has 134 valence electrons. The Kier molecular flexibility index (Phi) is 4.75. The van der Waals surface area contributed by atoms with Crippen molar-refractivity contribution in [2.24, 2.45) is 0 Å². The molecule has 3 rings (SSSR count). The second-order valence-corrected chi connectivity index (χ2v) is 5.38. The van der Waals surface area contributed by atoms with Gasteiger partial charge in [0.05, 0.1) is 5.69 Å². The highest BCUT2D eigenvalue weighted by Gasteiger charge is 2.37. The predicted octanol–water partition coefficient (Wildman–Crippen LogP) is 4.59. The lowest BCUT2D eigenvalue weighted by atomic mass is 10.1. The number of H-pyrrole nitrogens is 1. The lowest BCUT2D eigenvalue weighted by Gasteiger charge is -2.05. The van der Waals surface area contributed by atoms with Crippen molar-refractivity contribution in [3.63, 3.8) is 0 Å². The summed E-state index contributed by atoms with van der Waals surface area (Å²) < 4.78 is 57.0. The lowest BCUT2D eigenvalue weighted by Crippen LogP contribution is -2.10. The molecule has 0 atom stereocenters. The first-order valence-corrected chi connectivity index (χ1v) is 7.49. The molecule has 0 fully saturated rings. The molecule has 3 aromatic rings. The number of hydrogen-bond donors (Lipinski definition) is 1. The topological polar surface area (TPSA) is 55.0 Å². The highest BCUT2D eigenvalue weighted by molar-refractivity contribution is 5.94. The van der Waals surface area contributed by atoms with Crippen molar-refractivity contribution in [3.8, 4) is 11.3 Å². The van der Waals surface area contributed by atoms with Gasteiger partial charge in [0.2, 0.25) is 5.82 Å². The Bertz CT molecular complexity index is 903. The summed E-state index contributed by atoms with van der Waals surface area (Å²) in [5.41, 5.74) is 0.159. The van der Waals surface area contributed by atoms with Crippen molar-refractivity contribution in [1.82, 2.24) is 9.97 Å². The summed E-state index contributed by atoms with van der Waals surface area (Å²) in [6.45, 7) is -0.114. The van der Waals surface area contributed by atoms with Crippen molar-refractivity contribution < 1.29 is 27.1 Å². The van der Waals surface area contributed by atoms with E-state index in [0.717, 1.165) is 12.1 Å². The summed E-state index contributed by atoms with van der Waals surface area (Å²) in [5, 5.41) is 0. The van der Waals surface area contributed by atoms with Crippen LogP contribution in [-0.2, 0) is 17.5 Å². The zero-order chi connectivity index (χ0) is 18.7. The molecule has 0 radical (unpaired) electrons. The highest BCUT2D eigenvalue weighted by atomic mass is 19.4. The Balaban J connectivity index is 1.92. The number of halogens is 4. The van der Waals surface area contributed by atoms with Crippen molar-refractivity contribution >= 4 is 5.97 Å². The molecule has 0 saturated carbocycles. The smallest absolute Gasteiger partial charge is 0.449 e. The van der Waals surface area contributed by atoms with Gasteiger partial charge in [-0.1, -0.05) is 30.3 Å².